The fourth-order valence-corrected chi connectivity index (χ4v) is 4.41. The third kappa shape index (κ3) is 4.19. The quantitative estimate of drug-likeness (QED) is 0.696. The Morgan fingerprint density at radius 3 is 2.07 bits per heavy atom. The van der Waals surface area contributed by atoms with Gasteiger partial charge >= 0.3 is 6.18 Å². The highest BCUT2D eigenvalue weighted by Crippen LogP contribution is 2.30. The van der Waals surface area contributed by atoms with Crippen LogP contribution in [0.25, 0.3) is 0 Å². The molecule has 3 rings (SSSR count). The molecule has 2 aromatic rings. The van der Waals surface area contributed by atoms with Gasteiger partial charge in [0.1, 0.15) is 0 Å². The van der Waals surface area contributed by atoms with Gasteiger partial charge in [-0.25, -0.2) is 8.42 Å². The Balaban J connectivity index is 1.68. The zero-order valence-corrected chi connectivity index (χ0v) is 16.1. The van der Waals surface area contributed by atoms with Crippen molar-refractivity contribution in [3.05, 3.63) is 52.4 Å². The smallest absolute Gasteiger partial charge is 0.416 e. The van der Waals surface area contributed by atoms with Gasteiger partial charge < -0.3 is 9.32 Å². The molecule has 1 aromatic carbocycles. The summed E-state index contributed by atoms with van der Waals surface area (Å²) in [7, 11) is -3.94. The number of carbonyl (C=O) groups is 1. The number of sulfonamides is 1. The fourth-order valence-electron chi connectivity index (χ4n) is 2.68. The van der Waals surface area contributed by atoms with Crippen molar-refractivity contribution in [1.29, 1.82) is 0 Å². The first-order valence-electron chi connectivity index (χ1n) is 7.81. The van der Waals surface area contributed by atoms with Crippen LogP contribution in [0.3, 0.4) is 0 Å². The zero-order chi connectivity index (χ0) is 19.8. The first-order chi connectivity index (χ1) is 12.6. The van der Waals surface area contributed by atoms with E-state index in [9.17, 15) is 26.4 Å². The van der Waals surface area contributed by atoms with Gasteiger partial charge in [0.15, 0.2) is 10.4 Å². The lowest BCUT2D eigenvalue weighted by atomic mass is 10.2. The first-order valence-corrected chi connectivity index (χ1v) is 10.0. The fraction of sp³-hybridized carbons (Fsp3) is 0.312. The van der Waals surface area contributed by atoms with Crippen molar-refractivity contribution in [2.24, 2.45) is 0 Å². The normalized spacial score (nSPS) is 16.5. The van der Waals surface area contributed by atoms with E-state index in [1.807, 2.05) is 0 Å². The molecule has 6 nitrogen and oxygen atoms in total. The van der Waals surface area contributed by atoms with E-state index in [0.29, 0.717) is 4.67 Å². The summed E-state index contributed by atoms with van der Waals surface area (Å²) in [5.74, 6) is -0.215. The van der Waals surface area contributed by atoms with Crippen LogP contribution in [0.4, 0.5) is 13.2 Å². The molecule has 0 saturated carbocycles. The van der Waals surface area contributed by atoms with E-state index < -0.39 is 21.8 Å². The van der Waals surface area contributed by atoms with E-state index in [1.54, 1.807) is 6.07 Å². The second-order valence-electron chi connectivity index (χ2n) is 5.82. The minimum absolute atomic E-state index is 0.0387. The van der Waals surface area contributed by atoms with Crippen molar-refractivity contribution in [2.75, 3.05) is 26.2 Å². The molecule has 2 heterocycles. The third-order valence-corrected chi connectivity index (χ3v) is 6.47. The van der Waals surface area contributed by atoms with Crippen LogP contribution >= 0.6 is 15.9 Å². The maximum atomic E-state index is 12.6. The van der Waals surface area contributed by atoms with Crippen LogP contribution in [-0.4, -0.2) is 49.7 Å². The van der Waals surface area contributed by atoms with Crippen molar-refractivity contribution in [2.45, 2.75) is 11.1 Å². The molecule has 1 aliphatic heterocycles. The van der Waals surface area contributed by atoms with Gasteiger partial charge in [-0.2, -0.15) is 17.5 Å². The summed E-state index contributed by atoms with van der Waals surface area (Å²) in [4.78, 5) is 13.6. The largest absolute Gasteiger partial charge is 0.444 e. The molecule has 146 valence electrons. The summed E-state index contributed by atoms with van der Waals surface area (Å²) in [5, 5.41) is 0. The highest BCUT2D eigenvalue weighted by atomic mass is 79.9. The number of halogens is 4. The Hall–Kier alpha value is -1.85. The zero-order valence-electron chi connectivity index (χ0n) is 13.7. The minimum Gasteiger partial charge on any atom is -0.444 e. The molecular weight excluding hydrogens is 453 g/mol. The Bertz CT molecular complexity index is 933. The number of benzene rings is 1. The highest BCUT2D eigenvalue weighted by molar-refractivity contribution is 9.10. The Morgan fingerprint density at radius 2 is 1.59 bits per heavy atom. The molecule has 0 bridgehead atoms. The minimum atomic E-state index is -4.53. The first kappa shape index (κ1) is 19.9. The number of furan rings is 1. The number of alkyl halides is 3. The molecule has 0 spiro atoms. The molecule has 1 fully saturated rings. The average molecular weight is 467 g/mol. The van der Waals surface area contributed by atoms with Crippen LogP contribution in [0.1, 0.15) is 16.1 Å². The number of nitrogens with zero attached hydrogens (tertiary/aromatic N) is 2. The van der Waals surface area contributed by atoms with E-state index in [2.05, 4.69) is 15.9 Å². The summed E-state index contributed by atoms with van der Waals surface area (Å²) in [5.41, 5.74) is -0.915. The van der Waals surface area contributed by atoms with E-state index in [-0.39, 0.29) is 42.7 Å². The Kier molecular flexibility index (Phi) is 5.37. The van der Waals surface area contributed by atoms with E-state index >= 15 is 0 Å². The van der Waals surface area contributed by atoms with Gasteiger partial charge in [0.2, 0.25) is 10.0 Å². The van der Waals surface area contributed by atoms with Gasteiger partial charge in [0, 0.05) is 26.2 Å². The molecule has 0 N–H and O–H groups in total. The number of amides is 1. The van der Waals surface area contributed by atoms with E-state index in [0.717, 1.165) is 28.6 Å². The maximum Gasteiger partial charge on any atom is 0.416 e. The topological polar surface area (TPSA) is 70.8 Å². The predicted molar refractivity (Wildman–Crippen MR) is 92.5 cm³/mol. The lowest BCUT2D eigenvalue weighted by Crippen LogP contribution is -2.50. The summed E-state index contributed by atoms with van der Waals surface area (Å²) < 4.78 is 69.9. The molecular formula is C16H14BrF3N2O4S. The molecule has 1 aliphatic rings. The predicted octanol–water partition coefficient (Wildman–Crippen LogP) is 3.21. The molecule has 0 radical (unpaired) electrons. The van der Waals surface area contributed by atoms with Crippen molar-refractivity contribution in [1.82, 2.24) is 9.21 Å². The third-order valence-electron chi connectivity index (χ3n) is 4.13. The van der Waals surface area contributed by atoms with Crippen molar-refractivity contribution >= 4 is 31.9 Å². The van der Waals surface area contributed by atoms with Gasteiger partial charge in [-0.1, -0.05) is 0 Å². The van der Waals surface area contributed by atoms with Gasteiger partial charge in [0.05, 0.1) is 10.5 Å². The molecule has 27 heavy (non-hydrogen) atoms. The molecule has 0 aliphatic carbocycles. The molecule has 0 unspecified atom stereocenters. The molecule has 0 atom stereocenters. The summed E-state index contributed by atoms with van der Waals surface area (Å²) >= 11 is 3.11. The SMILES string of the molecule is O=C(c1ccc(Br)o1)N1CCN(S(=O)(=O)c2ccc(C(F)(F)F)cc2)CC1. The van der Waals surface area contributed by atoms with E-state index in [4.69, 9.17) is 4.42 Å². The second-order valence-corrected chi connectivity index (χ2v) is 8.54. The monoisotopic (exact) mass is 466 g/mol. The lowest BCUT2D eigenvalue weighted by Gasteiger charge is -2.33. The lowest BCUT2D eigenvalue weighted by molar-refractivity contribution is -0.137. The summed E-state index contributed by atoms with van der Waals surface area (Å²) in [6.45, 7) is 0.377. The number of piperazine rings is 1. The molecule has 1 aromatic heterocycles. The highest BCUT2D eigenvalue weighted by Gasteiger charge is 2.33. The van der Waals surface area contributed by atoms with Crippen LogP contribution in [0.15, 0.2) is 50.4 Å². The van der Waals surface area contributed by atoms with Gasteiger partial charge in [-0.05, 0) is 52.3 Å². The van der Waals surface area contributed by atoms with E-state index in [1.165, 1.54) is 11.0 Å². The van der Waals surface area contributed by atoms with Crippen molar-refractivity contribution in [3.63, 3.8) is 0 Å². The van der Waals surface area contributed by atoms with Crippen LogP contribution in [-0.2, 0) is 16.2 Å². The van der Waals surface area contributed by atoms with Crippen LogP contribution in [0, 0.1) is 0 Å². The number of rotatable bonds is 3. The molecule has 1 amide bonds. The second kappa shape index (κ2) is 7.28. The standard InChI is InChI=1S/C16H14BrF3N2O4S/c17-14-6-5-13(26-14)15(23)21-7-9-22(10-8-21)27(24,25)12-3-1-11(2-4-12)16(18,19)20/h1-6H,7-10H2. The van der Waals surface area contributed by atoms with Gasteiger partial charge in [0.25, 0.3) is 5.91 Å². The Morgan fingerprint density at radius 1 is 1.00 bits per heavy atom. The number of carbonyl (C=O) groups excluding carboxylic acids is 1. The van der Waals surface area contributed by atoms with Gasteiger partial charge in [-0.3, -0.25) is 4.79 Å². The Labute approximate surface area is 161 Å². The van der Waals surface area contributed by atoms with Crippen LogP contribution in [0.2, 0.25) is 0 Å². The maximum absolute atomic E-state index is 12.6. The van der Waals surface area contributed by atoms with Gasteiger partial charge in [-0.15, -0.1) is 0 Å². The summed E-state index contributed by atoms with van der Waals surface area (Å²) in [6, 6.07) is 6.45. The number of hydrogen-bond acceptors (Lipinski definition) is 4. The van der Waals surface area contributed by atoms with Crippen molar-refractivity contribution in [3.8, 4) is 0 Å². The average Bonchev–Trinajstić information content (AvgIpc) is 3.07. The summed E-state index contributed by atoms with van der Waals surface area (Å²) in [6.07, 6.45) is -4.53. The molecule has 11 heteroatoms. The van der Waals surface area contributed by atoms with Crippen LogP contribution < -0.4 is 0 Å². The van der Waals surface area contributed by atoms with Crippen molar-refractivity contribution < 1.29 is 30.8 Å². The number of hydrogen-bond donors (Lipinski definition) is 0. The molecule has 1 saturated heterocycles. The van der Waals surface area contributed by atoms with Crippen LogP contribution in [0.5, 0.6) is 0 Å².